The summed E-state index contributed by atoms with van der Waals surface area (Å²) in [5.41, 5.74) is 1.89. The van der Waals surface area contributed by atoms with Gasteiger partial charge in [-0.15, -0.1) is 0 Å². The van der Waals surface area contributed by atoms with Crippen molar-refractivity contribution in [3.63, 3.8) is 0 Å². The zero-order chi connectivity index (χ0) is 15.1. The predicted octanol–water partition coefficient (Wildman–Crippen LogP) is 3.43. The molecule has 1 N–H and O–H groups in total. The average Bonchev–Trinajstić information content (AvgIpc) is 2.97. The third-order valence-electron chi connectivity index (χ3n) is 5.47. The van der Waals surface area contributed by atoms with Crippen LogP contribution in [-0.2, 0) is 22.7 Å². The van der Waals surface area contributed by atoms with E-state index in [2.05, 4.69) is 20.8 Å². The summed E-state index contributed by atoms with van der Waals surface area (Å²) in [6.07, 6.45) is 3.37. The van der Waals surface area contributed by atoms with Gasteiger partial charge in [0, 0.05) is 6.42 Å². The lowest BCUT2D eigenvalue weighted by atomic mass is 9.75. The van der Waals surface area contributed by atoms with Crippen LogP contribution in [0.3, 0.4) is 0 Å². The molecule has 116 valence electrons. The highest BCUT2D eigenvalue weighted by atomic mass is 16.6. The summed E-state index contributed by atoms with van der Waals surface area (Å²) >= 11 is 0. The molecule has 3 rings (SSSR count). The molecule has 2 aliphatic rings. The van der Waals surface area contributed by atoms with E-state index < -0.39 is 0 Å². The van der Waals surface area contributed by atoms with Crippen molar-refractivity contribution in [1.82, 2.24) is 0 Å². The van der Waals surface area contributed by atoms with E-state index in [0.717, 1.165) is 30.4 Å². The first-order chi connectivity index (χ1) is 9.99. The molecule has 0 spiro atoms. The van der Waals surface area contributed by atoms with Crippen LogP contribution >= 0.6 is 0 Å². The first kappa shape index (κ1) is 15.0. The first-order valence-electron chi connectivity index (χ1n) is 7.98. The highest BCUT2D eigenvalue weighted by Crippen LogP contribution is 2.55. The third kappa shape index (κ3) is 2.52. The van der Waals surface area contributed by atoms with Gasteiger partial charge in [0.05, 0.1) is 30.5 Å². The lowest BCUT2D eigenvalue weighted by molar-refractivity contribution is -0.0960. The minimum absolute atomic E-state index is 0.00983. The van der Waals surface area contributed by atoms with E-state index >= 15 is 0 Å². The van der Waals surface area contributed by atoms with E-state index in [0.29, 0.717) is 12.5 Å². The fourth-order valence-electron chi connectivity index (χ4n) is 3.85. The van der Waals surface area contributed by atoms with Crippen molar-refractivity contribution in [3.05, 3.63) is 35.4 Å². The summed E-state index contributed by atoms with van der Waals surface area (Å²) in [5.74, 6) is 0.526. The quantitative estimate of drug-likeness (QED) is 0.903. The van der Waals surface area contributed by atoms with Gasteiger partial charge in [0.2, 0.25) is 0 Å². The minimum atomic E-state index is -0.140. The van der Waals surface area contributed by atoms with Crippen LogP contribution in [0.5, 0.6) is 0 Å². The number of benzene rings is 1. The second kappa shape index (κ2) is 5.38. The topological polar surface area (TPSA) is 38.7 Å². The van der Waals surface area contributed by atoms with Gasteiger partial charge in [-0.1, -0.05) is 38.1 Å². The van der Waals surface area contributed by atoms with E-state index in [-0.39, 0.29) is 23.9 Å². The third-order valence-corrected chi connectivity index (χ3v) is 5.47. The lowest BCUT2D eigenvalue weighted by Gasteiger charge is -2.31. The van der Waals surface area contributed by atoms with Gasteiger partial charge in [0.1, 0.15) is 0 Å². The summed E-state index contributed by atoms with van der Waals surface area (Å²) in [6.45, 7) is 7.29. The molecular formula is C18H26O3. The normalized spacial score (nSPS) is 34.8. The summed E-state index contributed by atoms with van der Waals surface area (Å²) in [5, 5.41) is 9.40. The molecule has 0 radical (unpaired) electrons. The van der Waals surface area contributed by atoms with Crippen LogP contribution in [0.25, 0.3) is 0 Å². The summed E-state index contributed by atoms with van der Waals surface area (Å²) < 4.78 is 12.6. The second-order valence-corrected chi connectivity index (χ2v) is 7.06. The highest BCUT2D eigenvalue weighted by molar-refractivity contribution is 5.25. The summed E-state index contributed by atoms with van der Waals surface area (Å²) in [6, 6.07) is 7.92. The molecule has 2 bridgehead atoms. The van der Waals surface area contributed by atoms with Crippen LogP contribution in [0.15, 0.2) is 24.3 Å². The fourth-order valence-corrected chi connectivity index (χ4v) is 3.85. The van der Waals surface area contributed by atoms with E-state index in [1.807, 2.05) is 24.3 Å². The Morgan fingerprint density at radius 1 is 1.29 bits per heavy atom. The van der Waals surface area contributed by atoms with E-state index in [4.69, 9.17) is 9.47 Å². The van der Waals surface area contributed by atoms with Crippen molar-refractivity contribution in [3.8, 4) is 0 Å². The monoisotopic (exact) mass is 290 g/mol. The molecule has 2 heterocycles. The Balaban J connectivity index is 1.69. The van der Waals surface area contributed by atoms with Gasteiger partial charge in [0.15, 0.2) is 0 Å². The van der Waals surface area contributed by atoms with E-state index in [1.165, 1.54) is 0 Å². The van der Waals surface area contributed by atoms with Gasteiger partial charge in [-0.2, -0.15) is 0 Å². The van der Waals surface area contributed by atoms with Crippen LogP contribution in [0.4, 0.5) is 0 Å². The molecule has 1 aromatic carbocycles. The number of aliphatic hydroxyl groups is 1. The molecule has 0 amide bonds. The van der Waals surface area contributed by atoms with Crippen molar-refractivity contribution in [1.29, 1.82) is 0 Å². The minimum Gasteiger partial charge on any atom is -0.392 e. The first-order valence-corrected chi connectivity index (χ1v) is 7.98. The Kier molecular flexibility index (Phi) is 3.85. The molecule has 0 unspecified atom stereocenters. The summed E-state index contributed by atoms with van der Waals surface area (Å²) in [4.78, 5) is 0. The maximum atomic E-state index is 9.40. The standard InChI is InChI=1S/C18H26O3/c1-13(2)18-9-8-17(3,21-18)16(10-18)20-12-15-7-5-4-6-14(15)11-19/h4-7,13,16,19H,8-12H2,1-3H3/t16-,17+,18-/m0/s1. The Morgan fingerprint density at radius 3 is 2.62 bits per heavy atom. The van der Waals surface area contributed by atoms with Gasteiger partial charge in [-0.25, -0.2) is 0 Å². The zero-order valence-corrected chi connectivity index (χ0v) is 13.3. The number of fused-ring (bicyclic) bond motifs is 2. The molecule has 0 aromatic heterocycles. The van der Waals surface area contributed by atoms with Crippen molar-refractivity contribution in [2.24, 2.45) is 5.92 Å². The molecule has 2 aliphatic heterocycles. The average molecular weight is 290 g/mol. The van der Waals surface area contributed by atoms with E-state index in [9.17, 15) is 5.11 Å². The second-order valence-electron chi connectivity index (χ2n) is 7.06. The molecule has 2 fully saturated rings. The number of ether oxygens (including phenoxy) is 2. The molecule has 0 aliphatic carbocycles. The molecule has 0 saturated carbocycles. The van der Waals surface area contributed by atoms with Crippen LogP contribution in [0, 0.1) is 5.92 Å². The van der Waals surface area contributed by atoms with Gasteiger partial charge >= 0.3 is 0 Å². The Morgan fingerprint density at radius 2 is 2.00 bits per heavy atom. The van der Waals surface area contributed by atoms with Gasteiger partial charge in [-0.05, 0) is 36.8 Å². The Labute approximate surface area is 127 Å². The van der Waals surface area contributed by atoms with Crippen molar-refractivity contribution in [2.75, 3.05) is 0 Å². The van der Waals surface area contributed by atoms with E-state index in [1.54, 1.807) is 0 Å². The van der Waals surface area contributed by atoms with Gasteiger partial charge in [-0.3, -0.25) is 0 Å². The molecule has 3 atom stereocenters. The summed E-state index contributed by atoms with van der Waals surface area (Å²) in [7, 11) is 0. The molecular weight excluding hydrogens is 264 g/mol. The zero-order valence-electron chi connectivity index (χ0n) is 13.3. The maximum Gasteiger partial charge on any atom is 0.0924 e. The lowest BCUT2D eigenvalue weighted by Crippen LogP contribution is -2.38. The number of hydrogen-bond acceptors (Lipinski definition) is 3. The highest BCUT2D eigenvalue weighted by Gasteiger charge is 2.60. The Hall–Kier alpha value is -0.900. The molecule has 2 saturated heterocycles. The number of hydrogen-bond donors (Lipinski definition) is 1. The van der Waals surface area contributed by atoms with Crippen LogP contribution in [0.2, 0.25) is 0 Å². The van der Waals surface area contributed by atoms with Gasteiger partial charge in [0.25, 0.3) is 0 Å². The SMILES string of the molecule is CC(C)[C@@]12CC[C@@](C)(O1)[C@@H](OCc1ccccc1CO)C2. The predicted molar refractivity (Wildman–Crippen MR) is 81.9 cm³/mol. The van der Waals surface area contributed by atoms with Crippen molar-refractivity contribution >= 4 is 0 Å². The molecule has 21 heavy (non-hydrogen) atoms. The molecule has 3 heteroatoms. The van der Waals surface area contributed by atoms with Crippen molar-refractivity contribution in [2.45, 2.75) is 70.6 Å². The van der Waals surface area contributed by atoms with Crippen LogP contribution in [0.1, 0.15) is 51.2 Å². The maximum absolute atomic E-state index is 9.40. The smallest absolute Gasteiger partial charge is 0.0924 e. The largest absolute Gasteiger partial charge is 0.392 e. The number of aliphatic hydroxyl groups excluding tert-OH is 1. The van der Waals surface area contributed by atoms with Gasteiger partial charge < -0.3 is 14.6 Å². The number of rotatable bonds is 5. The Bertz CT molecular complexity index is 513. The van der Waals surface area contributed by atoms with Crippen LogP contribution in [-0.4, -0.2) is 22.4 Å². The van der Waals surface area contributed by atoms with Crippen molar-refractivity contribution < 1.29 is 14.6 Å². The molecule has 1 aromatic rings. The molecule has 3 nitrogen and oxygen atoms in total. The fraction of sp³-hybridized carbons (Fsp3) is 0.667. The van der Waals surface area contributed by atoms with Crippen LogP contribution < -0.4 is 0 Å².